The van der Waals surface area contributed by atoms with Crippen molar-refractivity contribution in [2.24, 2.45) is 0 Å². The first kappa shape index (κ1) is 11.0. The van der Waals surface area contributed by atoms with E-state index in [1.807, 2.05) is 0 Å². The Morgan fingerprint density at radius 2 is 1.57 bits per heavy atom. The lowest BCUT2D eigenvalue weighted by molar-refractivity contribution is 0.0789. The van der Waals surface area contributed by atoms with Gasteiger partial charge >= 0.3 is 0 Å². The first-order valence-corrected chi connectivity index (χ1v) is 4.15. The van der Waals surface area contributed by atoms with Gasteiger partial charge in [0, 0.05) is 24.1 Å². The number of halogens is 3. The summed E-state index contributed by atoms with van der Waals surface area (Å²) in [6, 6.07) is 1.20. The molecule has 0 atom stereocenters. The van der Waals surface area contributed by atoms with Crippen molar-refractivity contribution in [1.29, 1.82) is 0 Å². The van der Waals surface area contributed by atoms with E-state index in [-0.39, 0.29) is 12.0 Å². The summed E-state index contributed by atoms with van der Waals surface area (Å²) < 4.78 is 38.6. The van der Waals surface area contributed by atoms with Crippen LogP contribution in [0.15, 0.2) is 12.1 Å². The molecule has 1 rings (SSSR count). The van der Waals surface area contributed by atoms with Crippen molar-refractivity contribution < 1.29 is 18.3 Å². The average Bonchev–Trinajstić information content (AvgIpc) is 1.95. The Labute approximate surface area is 80.2 Å². The fourth-order valence-corrected chi connectivity index (χ4v) is 1.17. The zero-order chi connectivity index (χ0) is 10.9. The quantitative estimate of drug-likeness (QED) is 0.784. The van der Waals surface area contributed by atoms with Gasteiger partial charge in [-0.1, -0.05) is 0 Å². The zero-order valence-electron chi connectivity index (χ0n) is 7.94. The molecule has 0 aromatic heterocycles. The Bertz CT molecular complexity index is 319. The summed E-state index contributed by atoms with van der Waals surface area (Å²) in [5, 5.41) is 9.36. The normalized spacial score (nSPS) is 11.9. The van der Waals surface area contributed by atoms with Crippen LogP contribution >= 0.6 is 0 Å². The molecule has 0 bridgehead atoms. The van der Waals surface area contributed by atoms with Gasteiger partial charge in [0.1, 0.15) is 17.5 Å². The van der Waals surface area contributed by atoms with Gasteiger partial charge in [-0.3, -0.25) is 0 Å². The standard InChI is InChI=1S/C10H11F3O/c1-10(2,14)5-7-8(12)3-6(11)4-9(7)13/h3-4,14H,5H2,1-2H3. The Hall–Kier alpha value is -1.03. The van der Waals surface area contributed by atoms with Crippen LogP contribution < -0.4 is 0 Å². The number of hydrogen-bond acceptors (Lipinski definition) is 1. The van der Waals surface area contributed by atoms with Crippen molar-refractivity contribution in [3.05, 3.63) is 35.1 Å². The van der Waals surface area contributed by atoms with Crippen molar-refractivity contribution >= 4 is 0 Å². The number of aliphatic hydroxyl groups is 1. The maximum atomic E-state index is 13.1. The predicted molar refractivity (Wildman–Crippen MR) is 46.3 cm³/mol. The van der Waals surface area contributed by atoms with Crippen molar-refractivity contribution in [1.82, 2.24) is 0 Å². The molecule has 0 fully saturated rings. The Kier molecular flexibility index (Phi) is 2.85. The summed E-state index contributed by atoms with van der Waals surface area (Å²) in [7, 11) is 0. The smallest absolute Gasteiger partial charge is 0.132 e. The third-order valence-corrected chi connectivity index (χ3v) is 1.72. The van der Waals surface area contributed by atoms with Crippen LogP contribution in [0.3, 0.4) is 0 Å². The van der Waals surface area contributed by atoms with E-state index in [2.05, 4.69) is 0 Å². The highest BCUT2D eigenvalue weighted by Gasteiger charge is 2.20. The van der Waals surface area contributed by atoms with E-state index >= 15 is 0 Å². The Morgan fingerprint density at radius 3 is 1.93 bits per heavy atom. The molecule has 1 nitrogen and oxygen atoms in total. The molecule has 0 unspecified atom stereocenters. The number of rotatable bonds is 2. The van der Waals surface area contributed by atoms with Crippen LogP contribution in [0.5, 0.6) is 0 Å². The van der Waals surface area contributed by atoms with Gasteiger partial charge in [0.05, 0.1) is 5.60 Å². The fraction of sp³-hybridized carbons (Fsp3) is 0.400. The lowest BCUT2D eigenvalue weighted by atomic mass is 9.98. The highest BCUT2D eigenvalue weighted by molar-refractivity contribution is 5.22. The second-order valence-corrected chi connectivity index (χ2v) is 3.84. The number of hydrogen-bond donors (Lipinski definition) is 1. The van der Waals surface area contributed by atoms with Gasteiger partial charge in [-0.15, -0.1) is 0 Å². The molecule has 0 heterocycles. The van der Waals surface area contributed by atoms with Crippen molar-refractivity contribution in [3.63, 3.8) is 0 Å². The molecular formula is C10H11F3O. The van der Waals surface area contributed by atoms with E-state index in [0.29, 0.717) is 12.1 Å². The molecule has 0 radical (unpaired) electrons. The van der Waals surface area contributed by atoms with Gasteiger partial charge in [-0.2, -0.15) is 0 Å². The Balaban J connectivity index is 3.09. The summed E-state index contributed by atoms with van der Waals surface area (Å²) in [6.45, 7) is 2.85. The van der Waals surface area contributed by atoms with Crippen LogP contribution in [0.2, 0.25) is 0 Å². The third kappa shape index (κ3) is 2.73. The molecule has 1 aromatic rings. The molecule has 0 amide bonds. The molecule has 0 saturated carbocycles. The molecule has 0 spiro atoms. The minimum atomic E-state index is -1.22. The molecule has 1 aromatic carbocycles. The summed E-state index contributed by atoms with van der Waals surface area (Å²) in [6.07, 6.45) is -0.190. The molecule has 1 N–H and O–H groups in total. The molecule has 14 heavy (non-hydrogen) atoms. The van der Waals surface area contributed by atoms with Gasteiger partial charge < -0.3 is 5.11 Å². The van der Waals surface area contributed by atoms with Crippen molar-refractivity contribution in [2.45, 2.75) is 25.9 Å². The van der Waals surface area contributed by atoms with E-state index in [4.69, 9.17) is 0 Å². The zero-order valence-corrected chi connectivity index (χ0v) is 7.94. The van der Waals surface area contributed by atoms with Crippen LogP contribution in [-0.4, -0.2) is 10.7 Å². The van der Waals surface area contributed by atoms with Gasteiger partial charge in [0.2, 0.25) is 0 Å². The second-order valence-electron chi connectivity index (χ2n) is 3.84. The molecule has 78 valence electrons. The van der Waals surface area contributed by atoms with Crippen molar-refractivity contribution in [2.75, 3.05) is 0 Å². The van der Waals surface area contributed by atoms with E-state index in [9.17, 15) is 18.3 Å². The topological polar surface area (TPSA) is 20.2 Å². The van der Waals surface area contributed by atoms with Crippen LogP contribution in [0.1, 0.15) is 19.4 Å². The van der Waals surface area contributed by atoms with Crippen LogP contribution in [-0.2, 0) is 6.42 Å². The predicted octanol–water partition coefficient (Wildman–Crippen LogP) is 2.42. The third-order valence-electron chi connectivity index (χ3n) is 1.72. The summed E-state index contributed by atoms with van der Waals surface area (Å²) >= 11 is 0. The van der Waals surface area contributed by atoms with Crippen LogP contribution in [0.25, 0.3) is 0 Å². The van der Waals surface area contributed by atoms with Gasteiger partial charge in [-0.05, 0) is 13.8 Å². The Morgan fingerprint density at radius 1 is 1.14 bits per heavy atom. The largest absolute Gasteiger partial charge is 0.390 e. The number of benzene rings is 1. The molecule has 0 aliphatic heterocycles. The van der Waals surface area contributed by atoms with Crippen LogP contribution in [0, 0.1) is 17.5 Å². The molecular weight excluding hydrogens is 193 g/mol. The van der Waals surface area contributed by atoms with Gasteiger partial charge in [0.15, 0.2) is 0 Å². The van der Waals surface area contributed by atoms with E-state index < -0.39 is 23.1 Å². The SMILES string of the molecule is CC(C)(O)Cc1c(F)cc(F)cc1F. The van der Waals surface area contributed by atoms with E-state index in [1.54, 1.807) is 0 Å². The van der Waals surface area contributed by atoms with Crippen LogP contribution in [0.4, 0.5) is 13.2 Å². The summed E-state index contributed by atoms with van der Waals surface area (Å²) in [4.78, 5) is 0. The molecule has 4 heteroatoms. The molecule has 0 saturated heterocycles. The molecule has 0 aliphatic rings. The molecule has 0 aliphatic carbocycles. The maximum Gasteiger partial charge on any atom is 0.132 e. The maximum absolute atomic E-state index is 13.1. The summed E-state index contributed by atoms with van der Waals surface area (Å²) in [5.74, 6) is -2.89. The average molecular weight is 204 g/mol. The van der Waals surface area contributed by atoms with E-state index in [0.717, 1.165) is 0 Å². The second kappa shape index (κ2) is 3.61. The highest BCUT2D eigenvalue weighted by Crippen LogP contribution is 2.20. The minimum Gasteiger partial charge on any atom is -0.390 e. The lowest BCUT2D eigenvalue weighted by Crippen LogP contribution is -2.23. The lowest BCUT2D eigenvalue weighted by Gasteiger charge is -2.17. The first-order valence-electron chi connectivity index (χ1n) is 4.15. The first-order chi connectivity index (χ1) is 6.29. The van der Waals surface area contributed by atoms with Gasteiger partial charge in [-0.25, -0.2) is 13.2 Å². The summed E-state index contributed by atoms with van der Waals surface area (Å²) in [5.41, 5.74) is -1.52. The van der Waals surface area contributed by atoms with Gasteiger partial charge in [0.25, 0.3) is 0 Å². The minimum absolute atomic E-state index is 0.190. The monoisotopic (exact) mass is 204 g/mol. The van der Waals surface area contributed by atoms with E-state index in [1.165, 1.54) is 13.8 Å². The fourth-order valence-electron chi connectivity index (χ4n) is 1.17. The highest BCUT2D eigenvalue weighted by atomic mass is 19.1. The van der Waals surface area contributed by atoms with Crippen molar-refractivity contribution in [3.8, 4) is 0 Å².